The number of rotatable bonds is 3. The maximum Gasteiger partial charge on any atom is 0.122 e. The lowest BCUT2D eigenvalue weighted by atomic mass is 9.87. The van der Waals surface area contributed by atoms with Gasteiger partial charge in [0.1, 0.15) is 5.75 Å². The van der Waals surface area contributed by atoms with Crippen LogP contribution in [0.2, 0.25) is 0 Å². The van der Waals surface area contributed by atoms with Crippen LogP contribution >= 0.6 is 0 Å². The molecule has 1 aliphatic carbocycles. The van der Waals surface area contributed by atoms with Crippen molar-refractivity contribution in [1.82, 2.24) is 5.32 Å². The molecule has 0 spiro atoms. The highest BCUT2D eigenvalue weighted by Gasteiger charge is 2.19. The van der Waals surface area contributed by atoms with Crippen LogP contribution in [0.3, 0.4) is 0 Å². The van der Waals surface area contributed by atoms with Crippen molar-refractivity contribution in [2.24, 2.45) is 0 Å². The normalized spacial score (nSPS) is 19.7. The second-order valence-electron chi connectivity index (χ2n) is 4.10. The molecule has 0 fully saturated rings. The first kappa shape index (κ1) is 10.5. The van der Waals surface area contributed by atoms with Crippen LogP contribution in [0.1, 0.15) is 24.5 Å². The summed E-state index contributed by atoms with van der Waals surface area (Å²) in [7, 11) is 1.76. The lowest BCUT2D eigenvalue weighted by Gasteiger charge is -2.26. The lowest BCUT2D eigenvalue weighted by molar-refractivity contribution is 0.398. The molecule has 0 heterocycles. The average molecular weight is 205 g/mol. The summed E-state index contributed by atoms with van der Waals surface area (Å²) in [6, 6.07) is 7.02. The van der Waals surface area contributed by atoms with Gasteiger partial charge in [-0.2, -0.15) is 0 Å². The number of benzene rings is 1. The Bertz CT molecular complexity index is 335. The summed E-state index contributed by atoms with van der Waals surface area (Å²) < 4.78 is 5.39. The van der Waals surface area contributed by atoms with Crippen LogP contribution < -0.4 is 10.1 Å². The molecular weight excluding hydrogens is 186 g/mol. The number of ether oxygens (including phenoxy) is 1. The van der Waals surface area contributed by atoms with Crippen molar-refractivity contribution in [3.05, 3.63) is 29.3 Å². The molecular formula is C13H19NO. The molecule has 1 N–H and O–H groups in total. The third kappa shape index (κ3) is 2.15. The van der Waals surface area contributed by atoms with Gasteiger partial charge in [-0.05, 0) is 43.0 Å². The van der Waals surface area contributed by atoms with Crippen molar-refractivity contribution < 1.29 is 4.74 Å². The van der Waals surface area contributed by atoms with E-state index in [0.29, 0.717) is 6.04 Å². The minimum Gasteiger partial charge on any atom is -0.496 e. The van der Waals surface area contributed by atoms with Crippen molar-refractivity contribution in [2.45, 2.75) is 32.2 Å². The van der Waals surface area contributed by atoms with E-state index < -0.39 is 0 Å². The highest BCUT2D eigenvalue weighted by atomic mass is 16.5. The number of fused-ring (bicyclic) bond motifs is 1. The van der Waals surface area contributed by atoms with Crippen molar-refractivity contribution in [3.8, 4) is 5.75 Å². The topological polar surface area (TPSA) is 21.3 Å². The highest BCUT2D eigenvalue weighted by molar-refractivity contribution is 5.42. The van der Waals surface area contributed by atoms with Gasteiger partial charge in [-0.3, -0.25) is 0 Å². The Kier molecular flexibility index (Phi) is 3.27. The molecule has 0 aromatic heterocycles. The SMILES string of the molecule is CCN[C@H]1CCc2c(cccc2OC)C1. The van der Waals surface area contributed by atoms with E-state index in [9.17, 15) is 0 Å². The number of hydrogen-bond acceptors (Lipinski definition) is 2. The average Bonchev–Trinajstić information content (AvgIpc) is 2.28. The van der Waals surface area contributed by atoms with Gasteiger partial charge >= 0.3 is 0 Å². The van der Waals surface area contributed by atoms with Gasteiger partial charge in [-0.15, -0.1) is 0 Å². The second kappa shape index (κ2) is 4.67. The Balaban J connectivity index is 2.20. The Morgan fingerprint density at radius 2 is 2.33 bits per heavy atom. The molecule has 0 unspecified atom stereocenters. The molecule has 2 heteroatoms. The summed E-state index contributed by atoms with van der Waals surface area (Å²) in [4.78, 5) is 0. The van der Waals surface area contributed by atoms with Crippen LogP contribution in [0.5, 0.6) is 5.75 Å². The Morgan fingerprint density at radius 3 is 3.07 bits per heavy atom. The maximum atomic E-state index is 5.39. The van der Waals surface area contributed by atoms with Gasteiger partial charge < -0.3 is 10.1 Å². The fourth-order valence-electron chi connectivity index (χ4n) is 2.43. The predicted molar refractivity (Wildman–Crippen MR) is 62.5 cm³/mol. The van der Waals surface area contributed by atoms with Crippen LogP contribution in [-0.4, -0.2) is 19.7 Å². The van der Waals surface area contributed by atoms with E-state index in [-0.39, 0.29) is 0 Å². The van der Waals surface area contributed by atoms with Gasteiger partial charge in [-0.1, -0.05) is 19.1 Å². The summed E-state index contributed by atoms with van der Waals surface area (Å²) in [5, 5.41) is 3.52. The molecule has 1 aromatic carbocycles. The largest absolute Gasteiger partial charge is 0.496 e. The lowest BCUT2D eigenvalue weighted by Crippen LogP contribution is -2.34. The molecule has 2 rings (SSSR count). The highest BCUT2D eigenvalue weighted by Crippen LogP contribution is 2.29. The van der Waals surface area contributed by atoms with Gasteiger partial charge in [0, 0.05) is 6.04 Å². The maximum absolute atomic E-state index is 5.39. The molecule has 2 nitrogen and oxygen atoms in total. The molecule has 0 saturated heterocycles. The molecule has 1 aliphatic rings. The third-order valence-corrected chi connectivity index (χ3v) is 3.15. The fraction of sp³-hybridized carbons (Fsp3) is 0.538. The first-order valence-electron chi connectivity index (χ1n) is 5.73. The molecule has 0 saturated carbocycles. The smallest absolute Gasteiger partial charge is 0.122 e. The van der Waals surface area contributed by atoms with Gasteiger partial charge in [0.2, 0.25) is 0 Å². The summed E-state index contributed by atoms with van der Waals surface area (Å²) in [6.45, 7) is 3.23. The van der Waals surface area contributed by atoms with Crippen molar-refractivity contribution in [1.29, 1.82) is 0 Å². The molecule has 82 valence electrons. The van der Waals surface area contributed by atoms with Gasteiger partial charge in [-0.25, -0.2) is 0 Å². The standard InChI is InChI=1S/C13H19NO/c1-3-14-11-7-8-12-10(9-11)5-4-6-13(12)15-2/h4-6,11,14H,3,7-9H2,1-2H3/t11-/m0/s1. The zero-order valence-electron chi connectivity index (χ0n) is 9.55. The van der Waals surface area contributed by atoms with E-state index in [2.05, 4.69) is 30.4 Å². The van der Waals surface area contributed by atoms with Crippen LogP contribution in [0.25, 0.3) is 0 Å². The van der Waals surface area contributed by atoms with Gasteiger partial charge in [0.05, 0.1) is 7.11 Å². The third-order valence-electron chi connectivity index (χ3n) is 3.15. The van der Waals surface area contributed by atoms with E-state index in [4.69, 9.17) is 4.74 Å². The summed E-state index contributed by atoms with van der Waals surface area (Å²) in [5.74, 6) is 1.06. The van der Waals surface area contributed by atoms with Gasteiger partial charge in [0.15, 0.2) is 0 Å². The Hall–Kier alpha value is -1.02. The second-order valence-corrected chi connectivity index (χ2v) is 4.10. The minimum absolute atomic E-state index is 0.648. The van der Waals surface area contributed by atoms with E-state index in [1.54, 1.807) is 7.11 Å². The molecule has 1 atom stereocenters. The van der Waals surface area contributed by atoms with Crippen LogP contribution in [0.4, 0.5) is 0 Å². The molecule has 0 aliphatic heterocycles. The molecule has 15 heavy (non-hydrogen) atoms. The van der Waals surface area contributed by atoms with Crippen LogP contribution in [-0.2, 0) is 12.8 Å². The van der Waals surface area contributed by atoms with Crippen molar-refractivity contribution in [2.75, 3.05) is 13.7 Å². The molecule has 0 bridgehead atoms. The zero-order valence-corrected chi connectivity index (χ0v) is 9.55. The number of nitrogens with one attached hydrogen (secondary N) is 1. The van der Waals surface area contributed by atoms with Crippen molar-refractivity contribution in [3.63, 3.8) is 0 Å². The van der Waals surface area contributed by atoms with Crippen molar-refractivity contribution >= 4 is 0 Å². The predicted octanol–water partition coefficient (Wildman–Crippen LogP) is 2.16. The Morgan fingerprint density at radius 1 is 1.47 bits per heavy atom. The fourth-order valence-corrected chi connectivity index (χ4v) is 2.43. The van der Waals surface area contributed by atoms with Crippen LogP contribution in [0, 0.1) is 0 Å². The van der Waals surface area contributed by atoms with E-state index in [1.165, 1.54) is 17.5 Å². The van der Waals surface area contributed by atoms with E-state index in [0.717, 1.165) is 25.1 Å². The molecule has 1 aromatic rings. The Labute approximate surface area is 91.6 Å². The molecule has 0 radical (unpaired) electrons. The first-order chi connectivity index (χ1) is 7.35. The number of likely N-dealkylation sites (N-methyl/N-ethyl adjacent to an activating group) is 1. The minimum atomic E-state index is 0.648. The number of hydrogen-bond donors (Lipinski definition) is 1. The summed E-state index contributed by atoms with van der Waals surface area (Å²) in [5.41, 5.74) is 2.86. The quantitative estimate of drug-likeness (QED) is 0.816. The van der Waals surface area contributed by atoms with E-state index >= 15 is 0 Å². The zero-order chi connectivity index (χ0) is 10.7. The van der Waals surface area contributed by atoms with Gasteiger partial charge in [0.25, 0.3) is 0 Å². The number of methoxy groups -OCH3 is 1. The van der Waals surface area contributed by atoms with E-state index in [1.807, 2.05) is 0 Å². The first-order valence-corrected chi connectivity index (χ1v) is 5.73. The van der Waals surface area contributed by atoms with Crippen LogP contribution in [0.15, 0.2) is 18.2 Å². The summed E-state index contributed by atoms with van der Waals surface area (Å²) in [6.07, 6.45) is 3.50. The summed E-state index contributed by atoms with van der Waals surface area (Å²) >= 11 is 0. The monoisotopic (exact) mass is 205 g/mol. The molecule has 0 amide bonds.